The quantitative estimate of drug-likeness (QED) is 0.864. The fourth-order valence-electron chi connectivity index (χ4n) is 1.07. The van der Waals surface area contributed by atoms with Gasteiger partial charge in [-0.25, -0.2) is 4.79 Å². The van der Waals surface area contributed by atoms with Gasteiger partial charge in [0.15, 0.2) is 6.61 Å². The van der Waals surface area contributed by atoms with Crippen LogP contribution in [0.5, 0.6) is 0 Å². The summed E-state index contributed by atoms with van der Waals surface area (Å²) < 4.78 is 39.2. The highest BCUT2D eigenvalue weighted by Gasteiger charge is 2.29. The van der Waals surface area contributed by atoms with Crippen LogP contribution in [0, 0.1) is 0 Å². The van der Waals surface area contributed by atoms with Crippen LogP contribution in [0.4, 0.5) is 23.7 Å². The second-order valence-corrected chi connectivity index (χ2v) is 3.13. The maximum atomic E-state index is 11.8. The zero-order chi connectivity index (χ0) is 12.9. The van der Waals surface area contributed by atoms with Gasteiger partial charge in [-0.2, -0.15) is 13.2 Å². The molecule has 0 saturated carbocycles. The van der Waals surface area contributed by atoms with E-state index in [1.54, 1.807) is 12.1 Å². The summed E-state index contributed by atoms with van der Waals surface area (Å²) in [6.45, 7) is -1.99. The molecule has 0 unspecified atom stereocenters. The SMILES string of the molecule is O=C(Nc1ccccc1CO)OCC(F)(F)F. The molecule has 0 aliphatic carbocycles. The molecular weight excluding hydrogens is 239 g/mol. The summed E-state index contributed by atoms with van der Waals surface area (Å²) in [6.07, 6.45) is -5.78. The number of nitrogens with one attached hydrogen (secondary N) is 1. The van der Waals surface area contributed by atoms with E-state index in [0.29, 0.717) is 5.56 Å². The smallest absolute Gasteiger partial charge is 0.422 e. The first kappa shape index (κ1) is 13.3. The molecule has 0 spiro atoms. The van der Waals surface area contributed by atoms with Gasteiger partial charge in [0.05, 0.1) is 6.61 Å². The molecule has 0 fully saturated rings. The number of hydrogen-bond donors (Lipinski definition) is 2. The average molecular weight is 249 g/mol. The van der Waals surface area contributed by atoms with E-state index in [-0.39, 0.29) is 12.3 Å². The van der Waals surface area contributed by atoms with Crippen molar-refractivity contribution in [1.29, 1.82) is 0 Å². The predicted octanol–water partition coefficient (Wildman–Crippen LogP) is 2.29. The number of rotatable bonds is 3. The van der Waals surface area contributed by atoms with Crippen molar-refractivity contribution < 1.29 is 27.8 Å². The first-order chi connectivity index (χ1) is 7.92. The zero-order valence-electron chi connectivity index (χ0n) is 8.62. The highest BCUT2D eigenvalue weighted by atomic mass is 19.4. The standard InChI is InChI=1S/C10H10F3NO3/c11-10(12,13)6-17-9(16)14-8-4-2-1-3-7(8)5-15/h1-4,15H,5-6H2,(H,14,16). The van der Waals surface area contributed by atoms with E-state index in [1.807, 2.05) is 0 Å². The number of para-hydroxylation sites is 1. The van der Waals surface area contributed by atoms with E-state index in [0.717, 1.165) is 0 Å². The van der Waals surface area contributed by atoms with E-state index >= 15 is 0 Å². The van der Waals surface area contributed by atoms with Crippen LogP contribution >= 0.6 is 0 Å². The molecule has 0 radical (unpaired) electrons. The van der Waals surface area contributed by atoms with Crippen molar-refractivity contribution in [2.45, 2.75) is 12.8 Å². The van der Waals surface area contributed by atoms with E-state index in [1.165, 1.54) is 12.1 Å². The average Bonchev–Trinajstić information content (AvgIpc) is 2.26. The monoisotopic (exact) mass is 249 g/mol. The number of anilines is 1. The van der Waals surface area contributed by atoms with Crippen LogP contribution in [-0.2, 0) is 11.3 Å². The third kappa shape index (κ3) is 4.73. The highest BCUT2D eigenvalue weighted by Crippen LogP contribution is 2.17. The van der Waals surface area contributed by atoms with E-state index in [2.05, 4.69) is 10.1 Å². The number of aliphatic hydroxyl groups is 1. The third-order valence-electron chi connectivity index (χ3n) is 1.79. The Morgan fingerprint density at radius 1 is 1.35 bits per heavy atom. The summed E-state index contributed by atoms with van der Waals surface area (Å²) in [7, 11) is 0. The molecule has 4 nitrogen and oxygen atoms in total. The Bertz CT molecular complexity index is 393. The van der Waals surface area contributed by atoms with Gasteiger partial charge in [-0.3, -0.25) is 5.32 Å². The number of amides is 1. The van der Waals surface area contributed by atoms with E-state index < -0.39 is 18.9 Å². The number of alkyl halides is 3. The lowest BCUT2D eigenvalue weighted by molar-refractivity contribution is -0.159. The van der Waals surface area contributed by atoms with Gasteiger partial charge in [0.1, 0.15) is 0 Å². The van der Waals surface area contributed by atoms with Gasteiger partial charge in [0, 0.05) is 11.3 Å². The normalized spacial score (nSPS) is 11.1. The van der Waals surface area contributed by atoms with Crippen molar-refractivity contribution in [1.82, 2.24) is 0 Å². The predicted molar refractivity (Wildman–Crippen MR) is 53.4 cm³/mol. The van der Waals surface area contributed by atoms with Crippen LogP contribution in [0.1, 0.15) is 5.56 Å². The van der Waals surface area contributed by atoms with Crippen molar-refractivity contribution in [2.24, 2.45) is 0 Å². The molecule has 0 aromatic heterocycles. The Kier molecular flexibility index (Phi) is 4.33. The summed E-state index contributed by atoms with van der Waals surface area (Å²) in [5.74, 6) is 0. The summed E-state index contributed by atoms with van der Waals surface area (Å²) >= 11 is 0. The number of carbonyl (C=O) groups is 1. The first-order valence-electron chi connectivity index (χ1n) is 4.61. The molecule has 0 saturated heterocycles. The number of ether oxygens (including phenoxy) is 1. The molecule has 2 N–H and O–H groups in total. The first-order valence-corrected chi connectivity index (χ1v) is 4.61. The van der Waals surface area contributed by atoms with Crippen LogP contribution in [0.15, 0.2) is 24.3 Å². The molecule has 94 valence electrons. The van der Waals surface area contributed by atoms with Gasteiger partial charge < -0.3 is 9.84 Å². The summed E-state index contributed by atoms with van der Waals surface area (Å²) in [6, 6.07) is 6.16. The largest absolute Gasteiger partial charge is 0.440 e. The van der Waals surface area contributed by atoms with E-state index in [9.17, 15) is 18.0 Å². The van der Waals surface area contributed by atoms with Gasteiger partial charge in [-0.05, 0) is 6.07 Å². The summed E-state index contributed by atoms with van der Waals surface area (Å²) in [4.78, 5) is 11.0. The lowest BCUT2D eigenvalue weighted by Gasteiger charge is -2.11. The molecule has 1 aromatic carbocycles. The fraction of sp³-hybridized carbons (Fsp3) is 0.300. The van der Waals surface area contributed by atoms with Crippen LogP contribution in [0.25, 0.3) is 0 Å². The van der Waals surface area contributed by atoms with Crippen LogP contribution < -0.4 is 5.32 Å². The van der Waals surface area contributed by atoms with Gasteiger partial charge in [0.25, 0.3) is 0 Å². The second-order valence-electron chi connectivity index (χ2n) is 3.13. The molecule has 0 aliphatic rings. The Morgan fingerprint density at radius 2 is 2.00 bits per heavy atom. The molecule has 1 rings (SSSR count). The molecule has 17 heavy (non-hydrogen) atoms. The Labute approximate surface area is 95.0 Å². The Morgan fingerprint density at radius 3 is 2.59 bits per heavy atom. The van der Waals surface area contributed by atoms with Crippen LogP contribution in [-0.4, -0.2) is 24.0 Å². The van der Waals surface area contributed by atoms with Crippen molar-refractivity contribution in [2.75, 3.05) is 11.9 Å². The van der Waals surface area contributed by atoms with Gasteiger partial charge in [-0.1, -0.05) is 18.2 Å². The molecule has 0 heterocycles. The van der Waals surface area contributed by atoms with Crippen molar-refractivity contribution in [3.05, 3.63) is 29.8 Å². The second kappa shape index (κ2) is 5.53. The molecule has 0 bridgehead atoms. The lowest BCUT2D eigenvalue weighted by Crippen LogP contribution is -2.23. The van der Waals surface area contributed by atoms with Crippen molar-refractivity contribution in [3.63, 3.8) is 0 Å². The number of carbonyl (C=O) groups excluding carboxylic acids is 1. The van der Waals surface area contributed by atoms with E-state index in [4.69, 9.17) is 5.11 Å². The zero-order valence-corrected chi connectivity index (χ0v) is 8.62. The molecule has 0 aliphatic heterocycles. The number of hydrogen-bond acceptors (Lipinski definition) is 3. The Balaban J connectivity index is 2.56. The topological polar surface area (TPSA) is 58.6 Å². The number of benzene rings is 1. The van der Waals surface area contributed by atoms with Crippen LogP contribution in [0.3, 0.4) is 0 Å². The minimum atomic E-state index is -4.56. The summed E-state index contributed by atoms with van der Waals surface area (Å²) in [5.41, 5.74) is 0.596. The molecule has 1 amide bonds. The minimum absolute atomic E-state index is 0.210. The Hall–Kier alpha value is -1.76. The highest BCUT2D eigenvalue weighted by molar-refractivity contribution is 5.85. The molecular formula is C10H10F3NO3. The van der Waals surface area contributed by atoms with Crippen LogP contribution in [0.2, 0.25) is 0 Å². The van der Waals surface area contributed by atoms with Gasteiger partial charge in [-0.15, -0.1) is 0 Å². The number of halogens is 3. The molecule has 0 atom stereocenters. The van der Waals surface area contributed by atoms with Crippen molar-refractivity contribution >= 4 is 11.8 Å². The lowest BCUT2D eigenvalue weighted by atomic mass is 10.2. The minimum Gasteiger partial charge on any atom is -0.440 e. The molecule has 7 heteroatoms. The fourth-order valence-corrected chi connectivity index (χ4v) is 1.07. The number of aliphatic hydroxyl groups excluding tert-OH is 1. The van der Waals surface area contributed by atoms with Gasteiger partial charge in [0.2, 0.25) is 0 Å². The van der Waals surface area contributed by atoms with Crippen molar-refractivity contribution in [3.8, 4) is 0 Å². The third-order valence-corrected chi connectivity index (χ3v) is 1.79. The molecule has 1 aromatic rings. The summed E-state index contributed by atoms with van der Waals surface area (Å²) in [5, 5.41) is 11.0. The maximum Gasteiger partial charge on any atom is 0.422 e. The van der Waals surface area contributed by atoms with Gasteiger partial charge >= 0.3 is 12.3 Å². The maximum absolute atomic E-state index is 11.8.